The zero-order valence-electron chi connectivity index (χ0n) is 15.6. The van der Waals surface area contributed by atoms with Gasteiger partial charge < -0.3 is 10.2 Å². The molecule has 30 heavy (non-hydrogen) atoms. The minimum Gasteiger partial charge on any atom is -0.363 e. The highest BCUT2D eigenvalue weighted by Gasteiger charge is 2.25. The third-order valence-electron chi connectivity index (χ3n) is 4.85. The van der Waals surface area contributed by atoms with Gasteiger partial charge in [-0.15, -0.1) is 0 Å². The zero-order chi connectivity index (χ0) is 21.3. The second-order valence-corrected chi connectivity index (χ2v) is 7.24. The fourth-order valence-electron chi connectivity index (χ4n) is 3.44. The van der Waals surface area contributed by atoms with E-state index in [-0.39, 0.29) is 35.2 Å². The van der Waals surface area contributed by atoms with Gasteiger partial charge in [0.2, 0.25) is 11.7 Å². The lowest BCUT2D eigenvalue weighted by molar-refractivity contribution is -0.131. The molecule has 11 heteroatoms. The molecule has 0 saturated carbocycles. The smallest absolute Gasteiger partial charge is 0.236 e. The number of piperidine rings is 1. The number of rotatable bonds is 4. The van der Waals surface area contributed by atoms with Gasteiger partial charge >= 0.3 is 0 Å². The SMILES string of the molecule is N#CCC(=O)N1CCC[C@@H](Nc2nc(-c3cnc4ccc(F)cn34)nc(Cl)c2F)C1. The Morgan fingerprint density at radius 1 is 1.37 bits per heavy atom. The monoisotopic (exact) mass is 431 g/mol. The molecule has 0 aromatic carbocycles. The van der Waals surface area contributed by atoms with E-state index in [1.165, 1.54) is 28.9 Å². The van der Waals surface area contributed by atoms with Crippen LogP contribution in [0.4, 0.5) is 14.6 Å². The number of likely N-dealkylation sites (tertiary alicyclic amines) is 1. The molecule has 1 fully saturated rings. The summed E-state index contributed by atoms with van der Waals surface area (Å²) >= 11 is 5.99. The molecule has 4 heterocycles. The number of anilines is 1. The highest BCUT2D eigenvalue weighted by atomic mass is 35.5. The van der Waals surface area contributed by atoms with Crippen molar-refractivity contribution in [3.63, 3.8) is 0 Å². The fraction of sp³-hybridized carbons (Fsp3) is 0.316. The Morgan fingerprint density at radius 3 is 3.00 bits per heavy atom. The van der Waals surface area contributed by atoms with Gasteiger partial charge in [-0.2, -0.15) is 9.65 Å². The Bertz CT molecular complexity index is 1160. The van der Waals surface area contributed by atoms with Crippen LogP contribution in [0.1, 0.15) is 19.3 Å². The van der Waals surface area contributed by atoms with E-state index in [9.17, 15) is 13.6 Å². The van der Waals surface area contributed by atoms with Crippen LogP contribution in [0.25, 0.3) is 17.2 Å². The molecule has 0 aliphatic carbocycles. The Morgan fingerprint density at radius 2 is 2.20 bits per heavy atom. The first-order valence-electron chi connectivity index (χ1n) is 9.23. The first-order chi connectivity index (χ1) is 14.5. The maximum atomic E-state index is 14.6. The number of imidazole rings is 1. The Kier molecular flexibility index (Phi) is 5.46. The molecule has 0 radical (unpaired) electrons. The van der Waals surface area contributed by atoms with Crippen LogP contribution in [-0.2, 0) is 4.79 Å². The van der Waals surface area contributed by atoms with Crippen LogP contribution < -0.4 is 5.32 Å². The standard InChI is InChI=1S/C19H16ClF2N7O/c20-17-16(22)19(25-12-2-1-7-28(10-12)15(30)5-6-23)27-18(26-17)13-8-24-14-4-3-11(21)9-29(13)14/h3-4,8-9,12H,1-2,5,7,10H2,(H,25,26,27)/t12-/m1/s1. The minimum absolute atomic E-state index is 0.0789. The van der Waals surface area contributed by atoms with Crippen molar-refractivity contribution in [3.8, 4) is 17.6 Å². The zero-order valence-corrected chi connectivity index (χ0v) is 16.4. The van der Waals surface area contributed by atoms with Gasteiger partial charge in [0, 0.05) is 25.3 Å². The number of hydrogen-bond acceptors (Lipinski definition) is 6. The number of carbonyl (C=O) groups excluding carboxylic acids is 1. The quantitative estimate of drug-likeness (QED) is 0.637. The lowest BCUT2D eigenvalue weighted by Crippen LogP contribution is -2.45. The average molecular weight is 432 g/mol. The van der Waals surface area contributed by atoms with Crippen LogP contribution in [-0.4, -0.2) is 49.3 Å². The molecule has 1 N–H and O–H groups in total. The average Bonchev–Trinajstić information content (AvgIpc) is 3.14. The van der Waals surface area contributed by atoms with Crippen molar-refractivity contribution in [1.29, 1.82) is 5.26 Å². The van der Waals surface area contributed by atoms with Gasteiger partial charge in [0.1, 0.15) is 23.6 Å². The summed E-state index contributed by atoms with van der Waals surface area (Å²) in [4.78, 5) is 25.9. The third-order valence-corrected chi connectivity index (χ3v) is 5.11. The summed E-state index contributed by atoms with van der Waals surface area (Å²) in [7, 11) is 0. The predicted octanol–water partition coefficient (Wildman–Crippen LogP) is 3.04. The van der Waals surface area contributed by atoms with Gasteiger partial charge in [-0.05, 0) is 25.0 Å². The molecule has 1 aliphatic rings. The van der Waals surface area contributed by atoms with E-state index in [2.05, 4.69) is 20.3 Å². The minimum atomic E-state index is -0.819. The van der Waals surface area contributed by atoms with Gasteiger partial charge in [0.25, 0.3) is 0 Å². The van der Waals surface area contributed by atoms with Crippen molar-refractivity contribution >= 4 is 29.0 Å². The molecule has 3 aromatic rings. The van der Waals surface area contributed by atoms with E-state index in [0.29, 0.717) is 37.3 Å². The number of aromatic nitrogens is 4. The summed E-state index contributed by atoms with van der Waals surface area (Å²) in [6, 6.07) is 4.35. The van der Waals surface area contributed by atoms with Crippen molar-refractivity contribution < 1.29 is 13.6 Å². The van der Waals surface area contributed by atoms with E-state index in [4.69, 9.17) is 16.9 Å². The largest absolute Gasteiger partial charge is 0.363 e. The highest BCUT2D eigenvalue weighted by molar-refractivity contribution is 6.29. The lowest BCUT2D eigenvalue weighted by atomic mass is 10.1. The number of fused-ring (bicyclic) bond motifs is 1. The molecular formula is C19H16ClF2N7O. The highest BCUT2D eigenvalue weighted by Crippen LogP contribution is 2.26. The number of carbonyl (C=O) groups is 1. The van der Waals surface area contributed by atoms with E-state index >= 15 is 0 Å². The molecule has 1 aliphatic heterocycles. The van der Waals surface area contributed by atoms with Gasteiger partial charge in [-0.25, -0.2) is 19.3 Å². The van der Waals surface area contributed by atoms with Crippen LogP contribution in [0, 0.1) is 23.0 Å². The molecule has 8 nitrogen and oxygen atoms in total. The van der Waals surface area contributed by atoms with Crippen LogP contribution in [0.15, 0.2) is 24.5 Å². The molecule has 3 aromatic heterocycles. The van der Waals surface area contributed by atoms with Gasteiger partial charge in [0.15, 0.2) is 16.8 Å². The lowest BCUT2D eigenvalue weighted by Gasteiger charge is -2.33. The number of nitrogens with one attached hydrogen (secondary N) is 1. The summed E-state index contributed by atoms with van der Waals surface area (Å²) in [5.41, 5.74) is 0.827. The number of nitriles is 1. The maximum Gasteiger partial charge on any atom is 0.236 e. The van der Waals surface area contributed by atoms with Gasteiger partial charge in [-0.3, -0.25) is 9.20 Å². The summed E-state index contributed by atoms with van der Waals surface area (Å²) in [6.07, 6.45) is 3.87. The fourth-order valence-corrected chi connectivity index (χ4v) is 3.61. The van der Waals surface area contributed by atoms with Gasteiger partial charge in [-0.1, -0.05) is 11.6 Å². The molecule has 0 unspecified atom stereocenters. The van der Waals surface area contributed by atoms with Crippen molar-refractivity contribution in [3.05, 3.63) is 41.3 Å². The summed E-state index contributed by atoms with van der Waals surface area (Å²) in [5, 5.41) is 11.3. The van der Waals surface area contributed by atoms with Crippen LogP contribution >= 0.6 is 11.6 Å². The maximum absolute atomic E-state index is 14.6. The molecule has 0 spiro atoms. The van der Waals surface area contributed by atoms with E-state index < -0.39 is 11.6 Å². The molecule has 1 atom stereocenters. The summed E-state index contributed by atoms with van der Waals surface area (Å²) in [5.74, 6) is -1.59. The topological polar surface area (TPSA) is 99.2 Å². The van der Waals surface area contributed by atoms with E-state index in [1.54, 1.807) is 4.90 Å². The number of nitrogens with zero attached hydrogens (tertiary/aromatic N) is 6. The Balaban J connectivity index is 1.63. The van der Waals surface area contributed by atoms with Crippen LogP contribution in [0.5, 0.6) is 0 Å². The third kappa shape index (κ3) is 3.89. The number of hydrogen-bond donors (Lipinski definition) is 1. The van der Waals surface area contributed by atoms with Crippen LogP contribution in [0.3, 0.4) is 0 Å². The molecular weight excluding hydrogens is 416 g/mol. The van der Waals surface area contributed by atoms with Gasteiger partial charge in [0.05, 0.1) is 12.3 Å². The second kappa shape index (κ2) is 8.20. The second-order valence-electron chi connectivity index (χ2n) is 6.88. The number of halogens is 3. The van der Waals surface area contributed by atoms with Crippen LogP contribution in [0.2, 0.25) is 5.15 Å². The normalized spacial score (nSPS) is 16.5. The first kappa shape index (κ1) is 20.0. The molecule has 1 amide bonds. The molecule has 4 rings (SSSR count). The summed E-state index contributed by atoms with van der Waals surface area (Å²) < 4.78 is 29.7. The molecule has 1 saturated heterocycles. The number of amides is 1. The summed E-state index contributed by atoms with van der Waals surface area (Å²) in [6.45, 7) is 0.863. The molecule has 0 bridgehead atoms. The van der Waals surface area contributed by atoms with Crippen molar-refractivity contribution in [2.75, 3.05) is 18.4 Å². The molecule has 154 valence electrons. The van der Waals surface area contributed by atoms with E-state index in [0.717, 1.165) is 0 Å². The van der Waals surface area contributed by atoms with Crippen molar-refractivity contribution in [1.82, 2.24) is 24.3 Å². The van der Waals surface area contributed by atoms with Crippen molar-refractivity contribution in [2.24, 2.45) is 0 Å². The Labute approximate surface area is 175 Å². The number of pyridine rings is 1. The van der Waals surface area contributed by atoms with E-state index in [1.807, 2.05) is 6.07 Å². The predicted molar refractivity (Wildman–Crippen MR) is 105 cm³/mol. The Hall–Kier alpha value is -3.32. The van der Waals surface area contributed by atoms with Crippen molar-refractivity contribution in [2.45, 2.75) is 25.3 Å². The first-order valence-corrected chi connectivity index (χ1v) is 9.61.